The topological polar surface area (TPSA) is 107 Å². The highest BCUT2D eigenvalue weighted by molar-refractivity contribution is 5.83. The Kier molecular flexibility index (Phi) is 7.04. The Morgan fingerprint density at radius 2 is 1.85 bits per heavy atom. The predicted molar refractivity (Wildman–Crippen MR) is 69.6 cm³/mol. The first-order valence-electron chi connectivity index (χ1n) is 7.21. The first-order chi connectivity index (χ1) is 9.49. The van der Waals surface area contributed by atoms with Crippen LogP contribution in [-0.4, -0.2) is 29.0 Å². The highest BCUT2D eigenvalue weighted by Gasteiger charge is 2.20. The molecule has 1 aliphatic rings. The van der Waals surface area contributed by atoms with Gasteiger partial charge in [-0.1, -0.05) is 25.7 Å². The van der Waals surface area contributed by atoms with Crippen LogP contribution in [0, 0.1) is 5.92 Å². The van der Waals surface area contributed by atoms with Gasteiger partial charge in [-0.3, -0.25) is 4.79 Å². The Morgan fingerprint density at radius 1 is 1.20 bits per heavy atom. The number of carboxylic acid groups (broad SMARTS) is 2. The number of hydrogen-bond donors (Lipinski definition) is 2. The molecule has 1 saturated carbocycles. The first-order valence-corrected chi connectivity index (χ1v) is 7.21. The zero-order chi connectivity index (χ0) is 15.0. The van der Waals surface area contributed by atoms with E-state index in [0.717, 1.165) is 12.8 Å². The molecule has 0 aliphatic heterocycles. The van der Waals surface area contributed by atoms with Gasteiger partial charge in [-0.15, -0.1) is 0 Å². The van der Waals surface area contributed by atoms with E-state index in [4.69, 9.17) is 5.11 Å². The van der Waals surface area contributed by atoms with Gasteiger partial charge >= 0.3 is 5.97 Å². The van der Waals surface area contributed by atoms with Crippen LogP contribution in [0.2, 0.25) is 0 Å². The number of amides is 1. The summed E-state index contributed by atoms with van der Waals surface area (Å²) in [5, 5.41) is 21.6. The largest absolute Gasteiger partial charge is 0.550 e. The number of hydrogen-bond acceptors (Lipinski definition) is 4. The van der Waals surface area contributed by atoms with Crippen LogP contribution in [0.1, 0.15) is 57.8 Å². The Balaban J connectivity index is 2.22. The van der Waals surface area contributed by atoms with E-state index in [0.29, 0.717) is 12.3 Å². The van der Waals surface area contributed by atoms with E-state index in [1.807, 2.05) is 0 Å². The minimum Gasteiger partial charge on any atom is -0.550 e. The summed E-state index contributed by atoms with van der Waals surface area (Å²) >= 11 is 0. The Bertz CT molecular complexity index is 349. The van der Waals surface area contributed by atoms with Crippen LogP contribution in [0.5, 0.6) is 0 Å². The summed E-state index contributed by atoms with van der Waals surface area (Å²) in [6.45, 7) is 0. The third kappa shape index (κ3) is 6.54. The van der Waals surface area contributed by atoms with Gasteiger partial charge in [0.2, 0.25) is 5.91 Å². The van der Waals surface area contributed by atoms with E-state index in [-0.39, 0.29) is 18.7 Å². The van der Waals surface area contributed by atoms with Gasteiger partial charge in [0.25, 0.3) is 0 Å². The van der Waals surface area contributed by atoms with Crippen LogP contribution in [0.25, 0.3) is 0 Å². The Hall–Kier alpha value is -1.59. The van der Waals surface area contributed by atoms with Crippen molar-refractivity contribution in [3.63, 3.8) is 0 Å². The molecule has 1 atom stereocenters. The molecule has 0 saturated heterocycles. The highest BCUT2D eigenvalue weighted by atomic mass is 16.4. The summed E-state index contributed by atoms with van der Waals surface area (Å²) in [7, 11) is 0. The van der Waals surface area contributed by atoms with Crippen molar-refractivity contribution in [2.75, 3.05) is 0 Å². The maximum absolute atomic E-state index is 11.6. The molecule has 0 bridgehead atoms. The molecule has 0 aromatic heterocycles. The van der Waals surface area contributed by atoms with Crippen molar-refractivity contribution in [3.05, 3.63) is 0 Å². The van der Waals surface area contributed by atoms with Crippen LogP contribution in [0.15, 0.2) is 0 Å². The lowest BCUT2D eigenvalue weighted by Gasteiger charge is -2.15. The number of nitrogens with one attached hydrogen (secondary N) is 1. The normalized spacial score (nSPS) is 16.8. The maximum atomic E-state index is 11.6. The van der Waals surface area contributed by atoms with Gasteiger partial charge in [0.15, 0.2) is 0 Å². The van der Waals surface area contributed by atoms with Gasteiger partial charge in [-0.25, -0.2) is 4.79 Å². The molecule has 1 fully saturated rings. The molecule has 2 N–H and O–H groups in total. The quantitative estimate of drug-likeness (QED) is 0.639. The molecule has 1 amide bonds. The lowest BCUT2D eigenvalue weighted by atomic mass is 10.0. The van der Waals surface area contributed by atoms with Crippen LogP contribution >= 0.6 is 0 Å². The number of carboxylic acids is 2. The predicted octanol–water partition coefficient (Wildman–Crippen LogP) is 0.446. The number of carbonyl (C=O) groups is 3. The van der Waals surface area contributed by atoms with Crippen molar-refractivity contribution in [2.24, 2.45) is 5.92 Å². The van der Waals surface area contributed by atoms with E-state index < -0.39 is 18.0 Å². The number of aliphatic carboxylic acids is 2. The molecule has 6 heteroatoms. The molecule has 1 unspecified atom stereocenters. The third-order valence-electron chi connectivity index (χ3n) is 3.76. The Labute approximate surface area is 118 Å². The summed E-state index contributed by atoms with van der Waals surface area (Å²) in [5.74, 6) is -2.15. The van der Waals surface area contributed by atoms with Crippen molar-refractivity contribution in [2.45, 2.75) is 63.8 Å². The molecular formula is C14H22NO5-. The SMILES string of the molecule is O=C([O-])CCC(NC(=O)CCCC1CCCC1)C(=O)O. The fourth-order valence-electron chi connectivity index (χ4n) is 2.64. The van der Waals surface area contributed by atoms with Gasteiger partial charge in [-0.05, 0) is 31.6 Å². The van der Waals surface area contributed by atoms with Gasteiger partial charge in [-0.2, -0.15) is 0 Å². The van der Waals surface area contributed by atoms with Crippen LogP contribution in [-0.2, 0) is 14.4 Å². The third-order valence-corrected chi connectivity index (χ3v) is 3.76. The van der Waals surface area contributed by atoms with Gasteiger partial charge < -0.3 is 20.3 Å². The second-order valence-electron chi connectivity index (χ2n) is 5.41. The lowest BCUT2D eigenvalue weighted by molar-refractivity contribution is -0.305. The fourth-order valence-corrected chi connectivity index (χ4v) is 2.64. The minimum absolute atomic E-state index is 0.147. The minimum atomic E-state index is -1.31. The van der Waals surface area contributed by atoms with Gasteiger partial charge in [0.1, 0.15) is 6.04 Å². The number of carbonyl (C=O) groups excluding carboxylic acids is 2. The molecule has 1 rings (SSSR count). The molecular weight excluding hydrogens is 262 g/mol. The van der Waals surface area contributed by atoms with E-state index in [2.05, 4.69) is 5.32 Å². The molecule has 0 heterocycles. The van der Waals surface area contributed by atoms with Crippen molar-refractivity contribution >= 4 is 17.8 Å². The standard InChI is InChI=1S/C14H23NO5/c16-12(7-3-6-10-4-1-2-5-10)15-11(14(19)20)8-9-13(17)18/h10-11H,1-9H2,(H,15,16)(H,17,18)(H,19,20)/p-1. The second kappa shape index (κ2) is 8.55. The summed E-state index contributed by atoms with van der Waals surface area (Å²) in [4.78, 5) is 32.9. The summed E-state index contributed by atoms with van der Waals surface area (Å²) in [6.07, 6.45) is 6.52. The zero-order valence-electron chi connectivity index (χ0n) is 11.6. The van der Waals surface area contributed by atoms with E-state index in [1.54, 1.807) is 0 Å². The molecule has 0 spiro atoms. The fraction of sp³-hybridized carbons (Fsp3) is 0.786. The molecule has 6 nitrogen and oxygen atoms in total. The summed E-state index contributed by atoms with van der Waals surface area (Å²) in [6, 6.07) is -1.15. The lowest BCUT2D eigenvalue weighted by Crippen LogP contribution is -2.41. The summed E-state index contributed by atoms with van der Waals surface area (Å²) in [5.41, 5.74) is 0. The number of rotatable bonds is 9. The summed E-state index contributed by atoms with van der Waals surface area (Å²) < 4.78 is 0. The molecule has 0 radical (unpaired) electrons. The van der Waals surface area contributed by atoms with Crippen LogP contribution < -0.4 is 10.4 Å². The van der Waals surface area contributed by atoms with Gasteiger partial charge in [0, 0.05) is 12.4 Å². The molecule has 114 valence electrons. The molecule has 20 heavy (non-hydrogen) atoms. The zero-order valence-corrected chi connectivity index (χ0v) is 11.6. The Morgan fingerprint density at radius 3 is 2.40 bits per heavy atom. The van der Waals surface area contributed by atoms with Crippen LogP contribution in [0.4, 0.5) is 0 Å². The van der Waals surface area contributed by atoms with Crippen molar-refractivity contribution in [3.8, 4) is 0 Å². The van der Waals surface area contributed by atoms with Crippen molar-refractivity contribution < 1.29 is 24.6 Å². The molecule has 0 aromatic carbocycles. The maximum Gasteiger partial charge on any atom is 0.326 e. The van der Waals surface area contributed by atoms with Gasteiger partial charge in [0.05, 0.1) is 0 Å². The first kappa shape index (κ1) is 16.5. The van der Waals surface area contributed by atoms with Crippen molar-refractivity contribution in [1.82, 2.24) is 5.32 Å². The molecule has 1 aliphatic carbocycles. The average Bonchev–Trinajstić information content (AvgIpc) is 2.87. The average molecular weight is 284 g/mol. The highest BCUT2D eigenvalue weighted by Crippen LogP contribution is 2.28. The second-order valence-corrected chi connectivity index (χ2v) is 5.41. The van der Waals surface area contributed by atoms with E-state index in [9.17, 15) is 19.5 Å². The monoisotopic (exact) mass is 284 g/mol. The van der Waals surface area contributed by atoms with Crippen molar-refractivity contribution in [1.29, 1.82) is 0 Å². The smallest absolute Gasteiger partial charge is 0.326 e. The molecule has 0 aromatic rings. The van der Waals surface area contributed by atoms with E-state index >= 15 is 0 Å². The van der Waals surface area contributed by atoms with Crippen LogP contribution in [0.3, 0.4) is 0 Å². The van der Waals surface area contributed by atoms with E-state index in [1.165, 1.54) is 25.7 Å².